The van der Waals surface area contributed by atoms with Crippen LogP contribution in [0.3, 0.4) is 0 Å². The van der Waals surface area contributed by atoms with Crippen LogP contribution in [0.5, 0.6) is 0 Å². The molecule has 24 heavy (non-hydrogen) atoms. The van der Waals surface area contributed by atoms with Crippen LogP contribution in [0.2, 0.25) is 0 Å². The number of nitrogens with two attached hydrogens (primary N) is 2. The first kappa shape index (κ1) is 16.3. The molecule has 3 rings (SSSR count). The number of nitrogens with zero attached hydrogens (tertiary/aromatic N) is 1. The summed E-state index contributed by atoms with van der Waals surface area (Å²) in [5.74, 6) is 0.611. The monoisotopic (exact) mass is 320 g/mol. The second kappa shape index (κ2) is 7.32. The van der Waals surface area contributed by atoms with Gasteiger partial charge in [-0.15, -0.1) is 0 Å². The molecule has 124 valence electrons. The molecule has 0 spiro atoms. The third kappa shape index (κ3) is 3.66. The van der Waals surface area contributed by atoms with Gasteiger partial charge in [0.15, 0.2) is 0 Å². The Morgan fingerprint density at radius 3 is 2.67 bits per heavy atom. The topological polar surface area (TPSA) is 76.4 Å². The fourth-order valence-electron chi connectivity index (χ4n) is 3.09. The molecule has 1 atom stereocenters. The van der Waals surface area contributed by atoms with Crippen molar-refractivity contribution in [1.29, 1.82) is 0 Å². The van der Waals surface area contributed by atoms with Crippen molar-refractivity contribution in [2.75, 3.05) is 18.8 Å². The quantitative estimate of drug-likeness (QED) is 0.597. The molecular weight excluding hydrogens is 296 g/mol. The van der Waals surface area contributed by atoms with Crippen molar-refractivity contribution in [2.45, 2.75) is 18.8 Å². The van der Waals surface area contributed by atoms with Crippen LogP contribution in [0.15, 0.2) is 54.0 Å². The molecule has 0 bridgehead atoms. The smallest absolute Gasteiger partial charge is 0.0630 e. The minimum atomic E-state index is 0.466. The van der Waals surface area contributed by atoms with Crippen molar-refractivity contribution < 1.29 is 0 Å². The van der Waals surface area contributed by atoms with Gasteiger partial charge in [-0.2, -0.15) is 0 Å². The van der Waals surface area contributed by atoms with Gasteiger partial charge >= 0.3 is 0 Å². The highest BCUT2D eigenvalue weighted by atomic mass is 14.9. The third-order valence-corrected chi connectivity index (χ3v) is 4.50. The number of nitrogens with one attached hydrogen (secondary N) is 1. The zero-order valence-electron chi connectivity index (χ0n) is 13.8. The molecule has 0 aromatic heterocycles. The van der Waals surface area contributed by atoms with Crippen molar-refractivity contribution in [2.24, 2.45) is 10.7 Å². The Hall–Kier alpha value is -2.59. The largest absolute Gasteiger partial charge is 0.399 e. The maximum absolute atomic E-state index is 6.13. The minimum absolute atomic E-state index is 0.466. The highest BCUT2D eigenvalue weighted by Gasteiger charge is 2.14. The fraction of sp³-hybridized carbons (Fsp3) is 0.250. The Kier molecular flexibility index (Phi) is 4.96. The van der Waals surface area contributed by atoms with Crippen LogP contribution in [-0.2, 0) is 0 Å². The van der Waals surface area contributed by atoms with Gasteiger partial charge in [0, 0.05) is 35.3 Å². The van der Waals surface area contributed by atoms with E-state index >= 15 is 0 Å². The van der Waals surface area contributed by atoms with Crippen LogP contribution in [0.1, 0.15) is 35.4 Å². The summed E-state index contributed by atoms with van der Waals surface area (Å²) < 4.78 is 0. The third-order valence-electron chi connectivity index (χ3n) is 4.50. The van der Waals surface area contributed by atoms with Gasteiger partial charge < -0.3 is 16.8 Å². The van der Waals surface area contributed by atoms with Crippen LogP contribution in [-0.4, -0.2) is 19.3 Å². The number of hydrogen-bond donors (Lipinski definition) is 3. The van der Waals surface area contributed by atoms with E-state index in [2.05, 4.69) is 41.2 Å². The van der Waals surface area contributed by atoms with Crippen LogP contribution in [0, 0.1) is 0 Å². The van der Waals surface area contributed by atoms with Crippen molar-refractivity contribution in [3.05, 3.63) is 65.7 Å². The van der Waals surface area contributed by atoms with E-state index in [9.17, 15) is 0 Å². The highest BCUT2D eigenvalue weighted by molar-refractivity contribution is 5.92. The van der Waals surface area contributed by atoms with Crippen LogP contribution >= 0.6 is 0 Å². The molecule has 0 radical (unpaired) electrons. The zero-order valence-corrected chi connectivity index (χ0v) is 13.8. The molecule has 4 heteroatoms. The van der Waals surface area contributed by atoms with Gasteiger partial charge in [-0.3, -0.25) is 4.99 Å². The Bertz CT molecular complexity index is 741. The number of aliphatic imine (C=N–C) groups is 1. The lowest BCUT2D eigenvalue weighted by Crippen LogP contribution is -2.28. The van der Waals surface area contributed by atoms with Gasteiger partial charge in [0.2, 0.25) is 0 Å². The van der Waals surface area contributed by atoms with Gasteiger partial charge in [0.25, 0.3) is 0 Å². The minimum Gasteiger partial charge on any atom is -0.399 e. The van der Waals surface area contributed by atoms with Crippen molar-refractivity contribution in [3.8, 4) is 0 Å². The Morgan fingerprint density at radius 1 is 1.21 bits per heavy atom. The summed E-state index contributed by atoms with van der Waals surface area (Å²) in [4.78, 5) is 4.53. The lowest BCUT2D eigenvalue weighted by molar-refractivity contribution is 0.461. The summed E-state index contributed by atoms with van der Waals surface area (Å²) in [6, 6.07) is 14.2. The summed E-state index contributed by atoms with van der Waals surface area (Å²) in [5.41, 5.74) is 16.9. The molecule has 0 aliphatic carbocycles. The summed E-state index contributed by atoms with van der Waals surface area (Å²) in [6.45, 7) is 5.95. The first-order valence-corrected chi connectivity index (χ1v) is 8.33. The van der Waals surface area contributed by atoms with Crippen LogP contribution in [0.25, 0.3) is 5.70 Å². The summed E-state index contributed by atoms with van der Waals surface area (Å²) in [7, 11) is 0. The van der Waals surface area contributed by atoms with E-state index in [-0.39, 0.29) is 0 Å². The number of anilines is 1. The molecule has 1 unspecified atom stereocenters. The maximum Gasteiger partial charge on any atom is 0.0630 e. The first-order valence-electron chi connectivity index (χ1n) is 8.33. The molecule has 1 aliphatic rings. The van der Waals surface area contributed by atoms with E-state index in [0.717, 1.165) is 29.9 Å². The van der Waals surface area contributed by atoms with E-state index in [1.807, 2.05) is 18.2 Å². The van der Waals surface area contributed by atoms with E-state index in [4.69, 9.17) is 11.5 Å². The molecule has 5 N–H and O–H groups in total. The lowest BCUT2D eigenvalue weighted by Gasteiger charge is -2.23. The summed E-state index contributed by atoms with van der Waals surface area (Å²) in [6.07, 6.45) is 4.27. The Morgan fingerprint density at radius 2 is 2.00 bits per heavy atom. The van der Waals surface area contributed by atoms with Gasteiger partial charge in [0.05, 0.1) is 5.69 Å². The second-order valence-electron chi connectivity index (χ2n) is 6.23. The van der Waals surface area contributed by atoms with E-state index in [1.54, 1.807) is 6.21 Å². The molecule has 0 saturated carbocycles. The van der Waals surface area contributed by atoms with E-state index < -0.39 is 0 Å². The van der Waals surface area contributed by atoms with Gasteiger partial charge in [0.1, 0.15) is 0 Å². The molecule has 1 fully saturated rings. The molecular formula is C20H24N4. The predicted molar refractivity (Wildman–Crippen MR) is 103 cm³/mol. The number of rotatable bonds is 4. The van der Waals surface area contributed by atoms with Gasteiger partial charge in [-0.05, 0) is 43.0 Å². The molecule has 1 aliphatic heterocycles. The van der Waals surface area contributed by atoms with Gasteiger partial charge in [-0.25, -0.2) is 0 Å². The maximum atomic E-state index is 6.13. The number of piperidine rings is 1. The van der Waals surface area contributed by atoms with Crippen LogP contribution in [0.4, 0.5) is 11.4 Å². The molecule has 1 heterocycles. The molecule has 1 saturated heterocycles. The number of para-hydroxylation sites is 1. The predicted octanol–water partition coefficient (Wildman–Crippen LogP) is 3.42. The lowest BCUT2D eigenvalue weighted by atomic mass is 9.92. The average Bonchev–Trinajstić information content (AvgIpc) is 2.62. The summed E-state index contributed by atoms with van der Waals surface area (Å²) in [5, 5.41) is 3.45. The Balaban J connectivity index is 1.75. The zero-order chi connectivity index (χ0) is 16.9. The fourth-order valence-corrected chi connectivity index (χ4v) is 3.09. The highest BCUT2D eigenvalue weighted by Crippen LogP contribution is 2.25. The van der Waals surface area contributed by atoms with E-state index in [0.29, 0.717) is 17.3 Å². The standard InChI is InChI=1S/C20H24N4/c1-14(21)19-6-2-4-17(20(19)22)13-24-18-9-7-15(8-10-18)16-5-3-11-23-12-16/h2,4,6-10,13,16,23H,1,3,5,11-12,21-22H2/b24-13+. The normalized spacial score (nSPS) is 17.9. The van der Waals surface area contributed by atoms with Crippen molar-refractivity contribution in [3.63, 3.8) is 0 Å². The van der Waals surface area contributed by atoms with Crippen molar-refractivity contribution >= 4 is 23.3 Å². The number of benzene rings is 2. The summed E-state index contributed by atoms with van der Waals surface area (Å²) >= 11 is 0. The number of hydrogen-bond acceptors (Lipinski definition) is 4. The Labute approximate surface area is 143 Å². The first-order chi connectivity index (χ1) is 11.6. The molecule has 2 aromatic carbocycles. The SMILES string of the molecule is C=C(N)c1cccc(/C=N/c2ccc(C3CCCNC3)cc2)c1N. The van der Waals surface area contributed by atoms with Gasteiger partial charge in [-0.1, -0.05) is 36.9 Å². The van der Waals surface area contributed by atoms with E-state index in [1.165, 1.54) is 18.4 Å². The van der Waals surface area contributed by atoms with Crippen LogP contribution < -0.4 is 16.8 Å². The molecule has 4 nitrogen and oxygen atoms in total. The van der Waals surface area contributed by atoms with Crippen molar-refractivity contribution in [1.82, 2.24) is 5.32 Å². The second-order valence-corrected chi connectivity index (χ2v) is 6.23. The molecule has 2 aromatic rings. The molecule has 0 amide bonds. The average molecular weight is 320 g/mol. The number of nitrogen functional groups attached to an aromatic ring is 1.